The van der Waals surface area contributed by atoms with Crippen LogP contribution in [0.5, 0.6) is 0 Å². The van der Waals surface area contributed by atoms with E-state index >= 15 is 0 Å². The average Bonchev–Trinajstić information content (AvgIpc) is 2.76. The van der Waals surface area contributed by atoms with Crippen molar-refractivity contribution in [1.29, 1.82) is 0 Å². The summed E-state index contributed by atoms with van der Waals surface area (Å²) in [5, 5.41) is 9.14. The van der Waals surface area contributed by atoms with E-state index in [0.717, 1.165) is 49.2 Å². The highest BCUT2D eigenvalue weighted by Crippen LogP contribution is 2.25. The van der Waals surface area contributed by atoms with Crippen LogP contribution in [0.4, 0.5) is 11.4 Å². The molecule has 0 spiro atoms. The van der Waals surface area contributed by atoms with Gasteiger partial charge in [0.2, 0.25) is 11.8 Å². The topological polar surface area (TPSA) is 70.2 Å². The fourth-order valence-electron chi connectivity index (χ4n) is 2.94. The molecule has 0 aromatic heterocycles. The second-order valence-electron chi connectivity index (χ2n) is 5.77. The summed E-state index contributed by atoms with van der Waals surface area (Å²) in [7, 11) is 0. The van der Waals surface area contributed by atoms with Crippen molar-refractivity contribution in [3.63, 3.8) is 0 Å². The Kier molecular flexibility index (Phi) is 4.20. The van der Waals surface area contributed by atoms with Gasteiger partial charge in [0.15, 0.2) is 0 Å². The van der Waals surface area contributed by atoms with Crippen LogP contribution in [0, 0.1) is 0 Å². The summed E-state index contributed by atoms with van der Waals surface area (Å²) >= 11 is 0. The van der Waals surface area contributed by atoms with Gasteiger partial charge in [-0.15, -0.1) is 0 Å². The first-order valence-corrected chi connectivity index (χ1v) is 7.69. The zero-order valence-electron chi connectivity index (χ0n) is 12.1. The lowest BCUT2D eigenvalue weighted by atomic mass is 10.0. The van der Waals surface area contributed by atoms with Crippen molar-refractivity contribution in [1.82, 2.24) is 5.32 Å². The first-order chi connectivity index (χ1) is 10.2. The van der Waals surface area contributed by atoms with Crippen molar-refractivity contribution in [2.24, 2.45) is 0 Å². The largest absolute Gasteiger partial charge is 0.326 e. The number of nitrogens with one attached hydrogen (secondary N) is 3. The molecule has 0 aliphatic carbocycles. The molecular formula is C16H21N3O2. The number of carbonyl (C=O) groups is 2. The highest BCUT2D eigenvalue weighted by atomic mass is 16.2. The molecule has 2 aliphatic heterocycles. The number of carbonyl (C=O) groups excluding carboxylic acids is 2. The number of benzene rings is 1. The zero-order valence-corrected chi connectivity index (χ0v) is 12.1. The van der Waals surface area contributed by atoms with Gasteiger partial charge in [-0.1, -0.05) is 12.8 Å². The Morgan fingerprint density at radius 1 is 1.19 bits per heavy atom. The standard InChI is InChI=1S/C16H21N3O2/c20-15-8-5-11-10-12(6-7-13(11)19-15)18-16(21)14-4-2-1-3-9-17-14/h6-7,10,14,17H,1-5,8-9H2,(H,18,21)(H,19,20). The summed E-state index contributed by atoms with van der Waals surface area (Å²) in [6, 6.07) is 5.58. The van der Waals surface area contributed by atoms with E-state index in [0.29, 0.717) is 6.42 Å². The van der Waals surface area contributed by atoms with Crippen LogP contribution in [0.3, 0.4) is 0 Å². The molecule has 1 fully saturated rings. The first kappa shape index (κ1) is 14.1. The summed E-state index contributed by atoms with van der Waals surface area (Å²) in [5.74, 6) is 0.0960. The predicted octanol–water partition coefficient (Wildman–Crippen LogP) is 2.04. The molecule has 1 atom stereocenters. The van der Waals surface area contributed by atoms with Gasteiger partial charge >= 0.3 is 0 Å². The van der Waals surface area contributed by atoms with Crippen molar-refractivity contribution in [3.05, 3.63) is 23.8 Å². The molecule has 5 nitrogen and oxygen atoms in total. The highest BCUT2D eigenvalue weighted by molar-refractivity contribution is 5.97. The molecular weight excluding hydrogens is 266 g/mol. The van der Waals surface area contributed by atoms with E-state index in [1.54, 1.807) is 0 Å². The molecule has 5 heteroatoms. The minimum atomic E-state index is -0.0942. The summed E-state index contributed by atoms with van der Waals surface area (Å²) in [5.41, 5.74) is 2.75. The third-order valence-corrected chi connectivity index (χ3v) is 4.15. The van der Waals surface area contributed by atoms with Gasteiger partial charge in [0.05, 0.1) is 6.04 Å². The van der Waals surface area contributed by atoms with Gasteiger partial charge in [0.1, 0.15) is 0 Å². The molecule has 0 radical (unpaired) electrons. The lowest BCUT2D eigenvalue weighted by molar-refractivity contribution is -0.118. The summed E-state index contributed by atoms with van der Waals surface area (Å²) in [6.07, 6.45) is 5.56. The summed E-state index contributed by atoms with van der Waals surface area (Å²) in [6.45, 7) is 0.911. The first-order valence-electron chi connectivity index (χ1n) is 7.69. The summed E-state index contributed by atoms with van der Waals surface area (Å²) in [4.78, 5) is 23.6. The summed E-state index contributed by atoms with van der Waals surface area (Å²) < 4.78 is 0. The maximum atomic E-state index is 12.3. The Hall–Kier alpha value is -1.88. The Bertz CT molecular complexity index is 548. The maximum Gasteiger partial charge on any atom is 0.241 e. The van der Waals surface area contributed by atoms with Gasteiger partial charge < -0.3 is 16.0 Å². The molecule has 1 aromatic rings. The van der Waals surface area contributed by atoms with Crippen LogP contribution in [0.2, 0.25) is 0 Å². The van der Waals surface area contributed by atoms with Crippen LogP contribution in [-0.2, 0) is 16.0 Å². The van der Waals surface area contributed by atoms with E-state index in [9.17, 15) is 9.59 Å². The molecule has 0 bridgehead atoms. The van der Waals surface area contributed by atoms with Crippen LogP contribution in [-0.4, -0.2) is 24.4 Å². The number of hydrogen-bond acceptors (Lipinski definition) is 3. The molecule has 0 saturated carbocycles. The van der Waals surface area contributed by atoms with E-state index in [2.05, 4.69) is 16.0 Å². The molecule has 1 aromatic carbocycles. The number of hydrogen-bond donors (Lipinski definition) is 3. The molecule has 21 heavy (non-hydrogen) atoms. The molecule has 112 valence electrons. The molecule has 1 unspecified atom stereocenters. The Labute approximate surface area is 124 Å². The van der Waals surface area contributed by atoms with Crippen molar-refractivity contribution >= 4 is 23.2 Å². The second-order valence-corrected chi connectivity index (χ2v) is 5.77. The molecule has 2 heterocycles. The Morgan fingerprint density at radius 2 is 2.10 bits per heavy atom. The number of aryl methyl sites for hydroxylation is 1. The number of amides is 2. The van der Waals surface area contributed by atoms with Crippen molar-refractivity contribution < 1.29 is 9.59 Å². The minimum absolute atomic E-state index is 0.0386. The van der Waals surface area contributed by atoms with Gasteiger partial charge in [-0.3, -0.25) is 9.59 Å². The van der Waals surface area contributed by atoms with Crippen molar-refractivity contribution in [3.8, 4) is 0 Å². The van der Waals surface area contributed by atoms with Crippen molar-refractivity contribution in [2.45, 2.75) is 44.6 Å². The Balaban J connectivity index is 1.67. The fraction of sp³-hybridized carbons (Fsp3) is 0.500. The van der Waals surface area contributed by atoms with Crippen LogP contribution in [0.15, 0.2) is 18.2 Å². The average molecular weight is 287 g/mol. The highest BCUT2D eigenvalue weighted by Gasteiger charge is 2.20. The fourth-order valence-corrected chi connectivity index (χ4v) is 2.94. The van der Waals surface area contributed by atoms with E-state index < -0.39 is 0 Å². The smallest absolute Gasteiger partial charge is 0.241 e. The molecule has 3 rings (SSSR count). The lowest BCUT2D eigenvalue weighted by Crippen LogP contribution is -2.39. The quantitative estimate of drug-likeness (QED) is 0.779. The van der Waals surface area contributed by atoms with E-state index in [4.69, 9.17) is 0 Å². The Morgan fingerprint density at radius 3 is 3.00 bits per heavy atom. The van der Waals surface area contributed by atoms with Gasteiger partial charge in [0, 0.05) is 17.8 Å². The number of rotatable bonds is 2. The predicted molar refractivity (Wildman–Crippen MR) is 82.3 cm³/mol. The van der Waals surface area contributed by atoms with Gasteiger partial charge in [-0.05, 0) is 49.6 Å². The van der Waals surface area contributed by atoms with Crippen LogP contribution < -0.4 is 16.0 Å². The maximum absolute atomic E-state index is 12.3. The molecule has 1 saturated heterocycles. The monoisotopic (exact) mass is 287 g/mol. The van der Waals surface area contributed by atoms with E-state index in [-0.39, 0.29) is 17.9 Å². The zero-order chi connectivity index (χ0) is 14.7. The molecule has 3 N–H and O–H groups in total. The van der Waals surface area contributed by atoms with Gasteiger partial charge in [-0.25, -0.2) is 0 Å². The van der Waals surface area contributed by atoms with Crippen molar-refractivity contribution in [2.75, 3.05) is 17.2 Å². The third kappa shape index (κ3) is 3.42. The normalized spacial score (nSPS) is 21.9. The third-order valence-electron chi connectivity index (χ3n) is 4.15. The van der Waals surface area contributed by atoms with E-state index in [1.165, 1.54) is 6.42 Å². The van der Waals surface area contributed by atoms with E-state index in [1.807, 2.05) is 18.2 Å². The number of fused-ring (bicyclic) bond motifs is 1. The molecule has 2 aliphatic rings. The van der Waals surface area contributed by atoms with Crippen LogP contribution >= 0.6 is 0 Å². The number of anilines is 2. The molecule has 2 amide bonds. The van der Waals surface area contributed by atoms with Gasteiger partial charge in [0.25, 0.3) is 0 Å². The minimum Gasteiger partial charge on any atom is -0.326 e. The van der Waals surface area contributed by atoms with Crippen LogP contribution in [0.1, 0.15) is 37.7 Å². The second kappa shape index (κ2) is 6.26. The van der Waals surface area contributed by atoms with Gasteiger partial charge in [-0.2, -0.15) is 0 Å². The van der Waals surface area contributed by atoms with Crippen LogP contribution in [0.25, 0.3) is 0 Å². The SMILES string of the molecule is O=C1CCc2cc(NC(=O)C3CCCCCN3)ccc2N1. The lowest BCUT2D eigenvalue weighted by Gasteiger charge is -2.19.